The average Bonchev–Trinajstić information content (AvgIpc) is 3.32. The van der Waals surface area contributed by atoms with Crippen LogP contribution in [-0.2, 0) is 12.1 Å². The Bertz CT molecular complexity index is 1280. The largest absolute Gasteiger partial charge is 0.381 e. The normalized spacial score (nSPS) is 13.8. The Morgan fingerprint density at radius 2 is 1.74 bits per heavy atom. The van der Waals surface area contributed by atoms with Crippen molar-refractivity contribution < 1.29 is 18.7 Å². The minimum atomic E-state index is -1.94. The molecule has 6 nitrogen and oxygen atoms in total. The van der Waals surface area contributed by atoms with Crippen LogP contribution in [0.5, 0.6) is 0 Å². The molecule has 1 aromatic heterocycles. The van der Waals surface area contributed by atoms with Crippen molar-refractivity contribution in [3.8, 4) is 11.1 Å². The Hall–Kier alpha value is -3.62. The van der Waals surface area contributed by atoms with E-state index < -0.39 is 29.2 Å². The summed E-state index contributed by atoms with van der Waals surface area (Å²) in [6.45, 7) is 1.33. The van der Waals surface area contributed by atoms with Crippen molar-refractivity contribution in [3.05, 3.63) is 107 Å². The molecule has 0 aliphatic rings. The number of benzene rings is 3. The monoisotopic (exact) mass is 482 g/mol. The predicted octanol–water partition coefficient (Wildman–Crippen LogP) is 4.58. The summed E-state index contributed by atoms with van der Waals surface area (Å²) in [5, 5.41) is 18.9. The Kier molecular flexibility index (Phi) is 6.72. The van der Waals surface area contributed by atoms with Crippen LogP contribution in [-0.4, -0.2) is 31.8 Å². The quantitative estimate of drug-likeness (QED) is 0.404. The number of hydrogen-bond acceptors (Lipinski definition) is 4. The maximum atomic E-state index is 14.7. The lowest BCUT2D eigenvalue weighted by atomic mass is 9.86. The van der Waals surface area contributed by atoms with Crippen molar-refractivity contribution in [2.45, 2.75) is 25.1 Å². The first-order chi connectivity index (χ1) is 16.3. The highest BCUT2D eigenvalue weighted by molar-refractivity contribution is 6.30. The molecular formula is C25H21ClF2N4O2. The van der Waals surface area contributed by atoms with Crippen molar-refractivity contribution >= 4 is 17.5 Å². The van der Waals surface area contributed by atoms with Crippen LogP contribution in [0.3, 0.4) is 0 Å². The summed E-state index contributed by atoms with van der Waals surface area (Å²) in [4.78, 5) is 16.8. The number of carbonyl (C=O) groups excluding carboxylic acids is 1. The van der Waals surface area contributed by atoms with E-state index in [1.807, 2.05) is 12.1 Å². The van der Waals surface area contributed by atoms with Gasteiger partial charge in [0.15, 0.2) is 0 Å². The summed E-state index contributed by atoms with van der Waals surface area (Å²) in [5.74, 6) is -2.17. The van der Waals surface area contributed by atoms with Crippen LogP contribution in [0, 0.1) is 11.6 Å². The molecule has 1 heterocycles. The maximum Gasteiger partial charge on any atom is 0.251 e. The van der Waals surface area contributed by atoms with E-state index in [9.17, 15) is 18.7 Å². The van der Waals surface area contributed by atoms with E-state index in [0.717, 1.165) is 23.3 Å². The SMILES string of the molecule is C[C@@H](NC(=O)c1ccc(-c2ccc(Cl)cc2)cc1)[C@](O)(Cn1cncn1)c1ccc(F)cc1F. The van der Waals surface area contributed by atoms with E-state index in [2.05, 4.69) is 15.4 Å². The summed E-state index contributed by atoms with van der Waals surface area (Å²) >= 11 is 5.93. The van der Waals surface area contributed by atoms with Crippen molar-refractivity contribution in [3.63, 3.8) is 0 Å². The van der Waals surface area contributed by atoms with Crippen molar-refractivity contribution in [1.29, 1.82) is 0 Å². The molecule has 174 valence electrons. The van der Waals surface area contributed by atoms with Crippen LogP contribution in [0.4, 0.5) is 8.78 Å². The predicted molar refractivity (Wildman–Crippen MR) is 124 cm³/mol. The molecule has 0 aliphatic heterocycles. The Balaban J connectivity index is 1.57. The summed E-state index contributed by atoms with van der Waals surface area (Å²) in [6.07, 6.45) is 2.63. The number of nitrogens with one attached hydrogen (secondary N) is 1. The highest BCUT2D eigenvalue weighted by Crippen LogP contribution is 2.30. The van der Waals surface area contributed by atoms with E-state index in [-0.39, 0.29) is 12.1 Å². The zero-order chi connectivity index (χ0) is 24.3. The fourth-order valence-electron chi connectivity index (χ4n) is 3.71. The molecule has 0 saturated carbocycles. The third-order valence-electron chi connectivity index (χ3n) is 5.66. The lowest BCUT2D eigenvalue weighted by Gasteiger charge is -2.35. The third kappa shape index (κ3) is 4.98. The molecule has 4 rings (SSSR count). The second-order valence-corrected chi connectivity index (χ2v) is 8.36. The molecule has 3 aromatic carbocycles. The molecule has 0 saturated heterocycles. The molecule has 4 aromatic rings. The number of halogens is 3. The number of carbonyl (C=O) groups is 1. The maximum absolute atomic E-state index is 14.7. The molecule has 0 spiro atoms. The molecule has 0 aliphatic carbocycles. The van der Waals surface area contributed by atoms with E-state index in [1.165, 1.54) is 17.3 Å². The zero-order valence-corrected chi connectivity index (χ0v) is 18.9. The van der Waals surface area contributed by atoms with E-state index in [0.29, 0.717) is 16.7 Å². The third-order valence-corrected chi connectivity index (χ3v) is 5.91. The molecule has 9 heteroatoms. The van der Waals surface area contributed by atoms with Gasteiger partial charge in [-0.25, -0.2) is 18.4 Å². The summed E-state index contributed by atoms with van der Waals surface area (Å²) < 4.78 is 29.5. The zero-order valence-electron chi connectivity index (χ0n) is 18.1. The van der Waals surface area contributed by atoms with Gasteiger partial charge in [0.2, 0.25) is 0 Å². The van der Waals surface area contributed by atoms with E-state index >= 15 is 0 Å². The minimum Gasteiger partial charge on any atom is -0.381 e. The van der Waals surface area contributed by atoms with Crippen LogP contribution < -0.4 is 5.32 Å². The Morgan fingerprint density at radius 3 is 2.32 bits per heavy atom. The lowest BCUT2D eigenvalue weighted by molar-refractivity contribution is -0.0186. The van der Waals surface area contributed by atoms with Crippen LogP contribution in [0.1, 0.15) is 22.8 Å². The first-order valence-electron chi connectivity index (χ1n) is 10.4. The van der Waals surface area contributed by atoms with Gasteiger partial charge in [0.25, 0.3) is 5.91 Å². The first-order valence-corrected chi connectivity index (χ1v) is 10.8. The summed E-state index contributed by atoms with van der Waals surface area (Å²) in [6, 6.07) is 16.1. The fraction of sp³-hybridized carbons (Fsp3) is 0.160. The molecule has 2 N–H and O–H groups in total. The van der Waals surface area contributed by atoms with Crippen LogP contribution in [0.2, 0.25) is 5.02 Å². The van der Waals surface area contributed by atoms with Crippen molar-refractivity contribution in [2.24, 2.45) is 0 Å². The van der Waals surface area contributed by atoms with Crippen LogP contribution in [0.25, 0.3) is 11.1 Å². The molecular weight excluding hydrogens is 462 g/mol. The summed E-state index contributed by atoms with van der Waals surface area (Å²) in [5.41, 5.74) is 0.0864. The van der Waals surface area contributed by atoms with Crippen molar-refractivity contribution in [1.82, 2.24) is 20.1 Å². The van der Waals surface area contributed by atoms with E-state index in [1.54, 1.807) is 43.3 Å². The van der Waals surface area contributed by atoms with Gasteiger partial charge in [-0.15, -0.1) is 0 Å². The van der Waals surface area contributed by atoms with Crippen LogP contribution >= 0.6 is 11.6 Å². The number of rotatable bonds is 7. The van der Waals surface area contributed by atoms with Gasteiger partial charge in [0, 0.05) is 22.2 Å². The number of hydrogen-bond donors (Lipinski definition) is 2. The Labute approximate surface area is 199 Å². The smallest absolute Gasteiger partial charge is 0.251 e. The second kappa shape index (κ2) is 9.70. The molecule has 0 unspecified atom stereocenters. The summed E-state index contributed by atoms with van der Waals surface area (Å²) in [7, 11) is 0. The van der Waals surface area contributed by atoms with Crippen LogP contribution in [0.15, 0.2) is 79.4 Å². The number of aliphatic hydroxyl groups is 1. The number of amides is 1. The highest BCUT2D eigenvalue weighted by Gasteiger charge is 2.40. The molecule has 34 heavy (non-hydrogen) atoms. The lowest BCUT2D eigenvalue weighted by Crippen LogP contribution is -2.51. The number of nitrogens with zero attached hydrogens (tertiary/aromatic N) is 3. The minimum absolute atomic E-state index is 0.171. The van der Waals surface area contributed by atoms with Gasteiger partial charge in [0.05, 0.1) is 12.6 Å². The number of aromatic nitrogens is 3. The Morgan fingerprint density at radius 1 is 1.09 bits per heavy atom. The van der Waals surface area contributed by atoms with Gasteiger partial charge >= 0.3 is 0 Å². The molecule has 0 radical (unpaired) electrons. The average molecular weight is 483 g/mol. The van der Waals surface area contributed by atoms with Gasteiger partial charge in [-0.05, 0) is 48.4 Å². The fourth-order valence-corrected chi connectivity index (χ4v) is 3.84. The standard InChI is InChI=1S/C25H21ClF2N4O2/c1-16(25(34,13-32-15-29-14-30-32)22-11-10-21(27)12-23(22)28)31-24(33)19-4-2-17(3-5-19)18-6-8-20(26)9-7-18/h2-12,14-16,34H,13H2,1H3,(H,31,33)/t16-,25-/m1/s1. The van der Waals surface area contributed by atoms with Gasteiger partial charge in [0.1, 0.15) is 29.9 Å². The van der Waals surface area contributed by atoms with E-state index in [4.69, 9.17) is 11.6 Å². The molecule has 0 bridgehead atoms. The topological polar surface area (TPSA) is 80.0 Å². The van der Waals surface area contributed by atoms with Gasteiger partial charge in [-0.3, -0.25) is 4.79 Å². The van der Waals surface area contributed by atoms with Gasteiger partial charge < -0.3 is 10.4 Å². The van der Waals surface area contributed by atoms with Gasteiger partial charge in [-0.1, -0.05) is 41.9 Å². The highest BCUT2D eigenvalue weighted by atomic mass is 35.5. The molecule has 0 fully saturated rings. The second-order valence-electron chi connectivity index (χ2n) is 7.92. The van der Waals surface area contributed by atoms with Crippen molar-refractivity contribution in [2.75, 3.05) is 0 Å². The first kappa shape index (κ1) is 23.5. The molecule has 2 atom stereocenters. The van der Waals surface area contributed by atoms with Gasteiger partial charge in [-0.2, -0.15) is 5.10 Å². The molecule has 1 amide bonds.